The first kappa shape index (κ1) is 56.4. The first-order valence-corrected chi connectivity index (χ1v) is 31.1. The van der Waals surface area contributed by atoms with Crippen molar-refractivity contribution < 1.29 is 0 Å². The zero-order chi connectivity index (χ0) is 60.4. The van der Waals surface area contributed by atoms with E-state index in [9.17, 15) is 0 Å². The maximum Gasteiger partial charge on any atom is 0.0541 e. The van der Waals surface area contributed by atoms with Gasteiger partial charge in [0.1, 0.15) is 0 Å². The van der Waals surface area contributed by atoms with Crippen molar-refractivity contribution in [2.45, 2.75) is 131 Å². The fourth-order valence-corrected chi connectivity index (χ4v) is 13.1. The molecule has 13 aromatic rings. The van der Waals surface area contributed by atoms with Crippen LogP contribution in [0.15, 0.2) is 224 Å². The lowest BCUT2D eigenvalue weighted by atomic mass is 9.78. The SMILES string of the molecule is CC(C)(C)c1cc(-c2cccc(-c3cc(C(C)(C)C)cc(C(C)(C)C)c3)c2)cc(N(c2cc(-c3cc(C(C)(C)C)ccc3-c3ccccc3)cc(C(C)(C)C)c2)c2ccc3ccc4c(-n5c6ccccc6c6ccccc65)ccc5ccc2c3c54)c1. The van der Waals surface area contributed by atoms with E-state index in [0.717, 1.165) is 17.1 Å². The number of anilines is 3. The molecule has 0 fully saturated rings. The van der Waals surface area contributed by atoms with E-state index in [1.807, 2.05) is 0 Å². The second kappa shape index (κ2) is 20.5. The molecule has 0 radical (unpaired) electrons. The number of aromatic nitrogens is 1. The molecule has 0 saturated heterocycles. The van der Waals surface area contributed by atoms with E-state index in [4.69, 9.17) is 0 Å². The van der Waals surface area contributed by atoms with Gasteiger partial charge in [0.15, 0.2) is 0 Å². The van der Waals surface area contributed by atoms with Crippen LogP contribution in [0.1, 0.15) is 132 Å². The molecule has 0 saturated carbocycles. The Morgan fingerprint density at radius 2 is 0.709 bits per heavy atom. The maximum absolute atomic E-state index is 2.61. The summed E-state index contributed by atoms with van der Waals surface area (Å²) in [5.74, 6) is 0. The summed E-state index contributed by atoms with van der Waals surface area (Å²) >= 11 is 0. The second-order valence-corrected chi connectivity index (χ2v) is 29.6. The Balaban J connectivity index is 1.10. The summed E-state index contributed by atoms with van der Waals surface area (Å²) in [7, 11) is 0. The summed E-state index contributed by atoms with van der Waals surface area (Å²) in [6.07, 6.45) is 0. The number of para-hydroxylation sites is 2. The fraction of sp³-hybridized carbons (Fsp3) is 0.238. The van der Waals surface area contributed by atoms with Gasteiger partial charge in [0, 0.05) is 32.9 Å². The van der Waals surface area contributed by atoms with E-state index in [1.54, 1.807) is 0 Å². The van der Waals surface area contributed by atoms with Gasteiger partial charge in [-0.05, 0) is 182 Å². The monoisotopic (exact) mass is 1120 g/mol. The van der Waals surface area contributed by atoms with Gasteiger partial charge in [0.05, 0.1) is 22.4 Å². The van der Waals surface area contributed by atoms with Crippen molar-refractivity contribution in [3.63, 3.8) is 0 Å². The van der Waals surface area contributed by atoms with Crippen molar-refractivity contribution >= 4 is 71.2 Å². The minimum Gasteiger partial charge on any atom is -0.310 e. The summed E-state index contributed by atoms with van der Waals surface area (Å²) < 4.78 is 2.49. The Kier molecular flexibility index (Phi) is 13.4. The largest absolute Gasteiger partial charge is 0.310 e. The van der Waals surface area contributed by atoms with E-state index in [2.05, 4.69) is 338 Å². The molecule has 0 aliphatic carbocycles. The molecule has 0 N–H and O–H groups in total. The standard InChI is InChI=1S/C84H82N2/c1-80(2,3)61-36-39-68(53-24-17-16-18-25-53)73(52-61)60-46-65(84(13,14)15)51-67(48-60)85(66-47-59(45-64(50-66)83(10,11)12)57-27-23-26-56(42-57)58-43-62(81(4,5)6)49-63(44-58)82(7,8)9)76-40-34-54-33-38-72-77(41-35-55-32-37-71(76)78(54)79(55)72)86-74-30-21-19-28-69(74)70-29-20-22-31-75(70)86/h16-52H,1-15H3. The lowest BCUT2D eigenvalue weighted by Crippen LogP contribution is -2.17. The number of hydrogen-bond acceptors (Lipinski definition) is 1. The van der Waals surface area contributed by atoms with Crippen molar-refractivity contribution in [2.24, 2.45) is 0 Å². The molecule has 13 rings (SSSR count). The molecule has 0 aliphatic rings. The summed E-state index contributed by atoms with van der Waals surface area (Å²) in [5.41, 5.74) is 22.8. The molecule has 12 aromatic carbocycles. The van der Waals surface area contributed by atoms with Crippen LogP contribution in [0.25, 0.3) is 104 Å². The molecule has 0 amide bonds. The van der Waals surface area contributed by atoms with Crippen LogP contribution in [0, 0.1) is 0 Å². The molecule has 0 bridgehead atoms. The summed E-state index contributed by atoms with van der Waals surface area (Å²) in [6.45, 7) is 35.1. The summed E-state index contributed by atoms with van der Waals surface area (Å²) in [5, 5.41) is 9.98. The van der Waals surface area contributed by atoms with Crippen LogP contribution in [0.4, 0.5) is 17.1 Å². The quantitative estimate of drug-likeness (QED) is 0.138. The molecule has 0 spiro atoms. The van der Waals surface area contributed by atoms with Crippen molar-refractivity contribution in [3.8, 4) is 50.2 Å². The first-order chi connectivity index (χ1) is 40.8. The van der Waals surface area contributed by atoms with Gasteiger partial charge in [-0.25, -0.2) is 0 Å². The third-order valence-corrected chi connectivity index (χ3v) is 18.2. The van der Waals surface area contributed by atoms with Crippen LogP contribution in [0.2, 0.25) is 0 Å². The number of fused-ring (bicyclic) bond motifs is 3. The van der Waals surface area contributed by atoms with Crippen LogP contribution in [-0.4, -0.2) is 4.57 Å². The molecule has 86 heavy (non-hydrogen) atoms. The van der Waals surface area contributed by atoms with E-state index in [-0.39, 0.29) is 27.1 Å². The first-order valence-electron chi connectivity index (χ1n) is 31.1. The molecule has 1 aromatic heterocycles. The Morgan fingerprint density at radius 3 is 1.27 bits per heavy atom. The lowest BCUT2D eigenvalue weighted by molar-refractivity contribution is 0.569. The predicted molar refractivity (Wildman–Crippen MR) is 374 cm³/mol. The molecular weight excluding hydrogens is 1040 g/mol. The van der Waals surface area contributed by atoms with Crippen LogP contribution >= 0.6 is 0 Å². The smallest absolute Gasteiger partial charge is 0.0541 e. The van der Waals surface area contributed by atoms with Crippen LogP contribution < -0.4 is 4.90 Å². The minimum atomic E-state index is -0.188. The molecule has 0 unspecified atom stereocenters. The molecule has 2 heteroatoms. The number of rotatable bonds is 8. The molecule has 0 aliphatic heterocycles. The lowest BCUT2D eigenvalue weighted by Gasteiger charge is -2.32. The zero-order valence-corrected chi connectivity index (χ0v) is 53.3. The van der Waals surface area contributed by atoms with Crippen LogP contribution in [0.3, 0.4) is 0 Å². The van der Waals surface area contributed by atoms with Gasteiger partial charge in [-0.15, -0.1) is 0 Å². The third kappa shape index (κ3) is 10.2. The summed E-state index contributed by atoms with van der Waals surface area (Å²) in [4.78, 5) is 2.61. The Morgan fingerprint density at radius 1 is 0.267 bits per heavy atom. The van der Waals surface area contributed by atoms with Gasteiger partial charge in [-0.3, -0.25) is 0 Å². The van der Waals surface area contributed by atoms with Crippen molar-refractivity contribution in [1.82, 2.24) is 4.57 Å². The molecule has 2 nitrogen and oxygen atoms in total. The van der Waals surface area contributed by atoms with E-state index < -0.39 is 0 Å². The highest BCUT2D eigenvalue weighted by Crippen LogP contribution is 2.50. The minimum absolute atomic E-state index is 0.00450. The maximum atomic E-state index is 2.61. The van der Waals surface area contributed by atoms with Gasteiger partial charge in [-0.2, -0.15) is 0 Å². The van der Waals surface area contributed by atoms with E-state index in [1.165, 1.54) is 132 Å². The third-order valence-electron chi connectivity index (χ3n) is 18.2. The number of benzene rings is 12. The molecular formula is C84H82N2. The fourth-order valence-electron chi connectivity index (χ4n) is 13.1. The topological polar surface area (TPSA) is 8.17 Å². The Bertz CT molecular complexity index is 4670. The Hall–Kier alpha value is -8.72. The van der Waals surface area contributed by atoms with Gasteiger partial charge < -0.3 is 9.47 Å². The number of hydrogen-bond donors (Lipinski definition) is 0. The van der Waals surface area contributed by atoms with Crippen molar-refractivity contribution in [3.05, 3.63) is 252 Å². The number of nitrogens with zero attached hydrogens (tertiary/aromatic N) is 2. The normalized spacial score (nSPS) is 12.8. The predicted octanol–water partition coefficient (Wildman–Crippen LogP) is 24.3. The van der Waals surface area contributed by atoms with Crippen molar-refractivity contribution in [1.29, 1.82) is 0 Å². The molecule has 1 heterocycles. The average molecular weight is 1120 g/mol. The average Bonchev–Trinajstić information content (AvgIpc) is 1.17. The molecule has 428 valence electrons. The highest BCUT2D eigenvalue weighted by molar-refractivity contribution is 6.27. The highest BCUT2D eigenvalue weighted by Gasteiger charge is 2.28. The summed E-state index contributed by atoms with van der Waals surface area (Å²) in [6, 6.07) is 86.2. The van der Waals surface area contributed by atoms with Gasteiger partial charge in [0.25, 0.3) is 0 Å². The zero-order valence-electron chi connectivity index (χ0n) is 53.3. The van der Waals surface area contributed by atoms with Gasteiger partial charge >= 0.3 is 0 Å². The highest BCUT2D eigenvalue weighted by atomic mass is 15.1. The van der Waals surface area contributed by atoms with Gasteiger partial charge in [-0.1, -0.05) is 268 Å². The van der Waals surface area contributed by atoms with E-state index in [0.29, 0.717) is 0 Å². The van der Waals surface area contributed by atoms with Crippen LogP contribution in [0.5, 0.6) is 0 Å². The second-order valence-electron chi connectivity index (χ2n) is 29.6. The van der Waals surface area contributed by atoms with Crippen LogP contribution in [-0.2, 0) is 27.1 Å². The van der Waals surface area contributed by atoms with E-state index >= 15 is 0 Å². The Labute approximate surface area is 511 Å². The van der Waals surface area contributed by atoms with Gasteiger partial charge in [0.2, 0.25) is 0 Å². The van der Waals surface area contributed by atoms with Crippen molar-refractivity contribution in [2.75, 3.05) is 4.90 Å². The molecule has 0 atom stereocenters.